The van der Waals surface area contributed by atoms with Gasteiger partial charge < -0.3 is 20.3 Å². The summed E-state index contributed by atoms with van der Waals surface area (Å²) in [5.74, 6) is 0.114. The fourth-order valence-corrected chi connectivity index (χ4v) is 4.87. The maximum Gasteiger partial charge on any atom is 0.327 e. The Morgan fingerprint density at radius 2 is 1.64 bits per heavy atom. The molecule has 0 aromatic heterocycles. The van der Waals surface area contributed by atoms with E-state index in [1.165, 1.54) is 4.90 Å². The Labute approximate surface area is 233 Å². The topological polar surface area (TPSA) is 91.0 Å². The average molecular weight is 537 g/mol. The molecule has 1 saturated heterocycles. The van der Waals surface area contributed by atoms with Gasteiger partial charge in [0.2, 0.25) is 5.91 Å². The minimum absolute atomic E-state index is 0.162. The van der Waals surface area contributed by atoms with Gasteiger partial charge in [-0.25, -0.2) is 9.69 Å². The van der Waals surface area contributed by atoms with Crippen LogP contribution in [0, 0.1) is 12.3 Å². The quantitative estimate of drug-likeness (QED) is 0.360. The van der Waals surface area contributed by atoms with E-state index < -0.39 is 17.7 Å². The molecule has 212 valence electrons. The van der Waals surface area contributed by atoms with Crippen molar-refractivity contribution in [3.05, 3.63) is 65.2 Å². The maximum absolute atomic E-state index is 13.5. The van der Waals surface area contributed by atoms with Gasteiger partial charge in [0.25, 0.3) is 5.91 Å². The predicted molar refractivity (Wildman–Crippen MR) is 154 cm³/mol. The van der Waals surface area contributed by atoms with E-state index >= 15 is 0 Å². The molecule has 0 bridgehead atoms. The molecular formula is C31H44N4O4. The van der Waals surface area contributed by atoms with Crippen LogP contribution in [0.2, 0.25) is 0 Å². The summed E-state index contributed by atoms with van der Waals surface area (Å²) in [6.07, 6.45) is 2.01. The Morgan fingerprint density at radius 1 is 1.03 bits per heavy atom. The lowest BCUT2D eigenvalue weighted by molar-refractivity contribution is -0.191. The van der Waals surface area contributed by atoms with Crippen LogP contribution in [0.1, 0.15) is 80.9 Å². The van der Waals surface area contributed by atoms with Crippen LogP contribution in [0.15, 0.2) is 48.5 Å². The summed E-state index contributed by atoms with van der Waals surface area (Å²) in [5.41, 5.74) is 1.89. The second kappa shape index (κ2) is 13.1. The highest BCUT2D eigenvalue weighted by Crippen LogP contribution is 2.46. The largest absolute Gasteiger partial charge is 0.469 e. The summed E-state index contributed by atoms with van der Waals surface area (Å²) in [6.45, 7) is 10.6. The number of hydrogen-bond acceptors (Lipinski definition) is 5. The second-order valence-corrected chi connectivity index (χ2v) is 10.8. The smallest absolute Gasteiger partial charge is 0.327 e. The van der Waals surface area contributed by atoms with Gasteiger partial charge >= 0.3 is 6.03 Å². The number of carbonyl (C=O) groups excluding carboxylic acids is 3. The number of likely N-dealkylation sites (N-methyl/N-ethyl adjacent to an activating group) is 1. The number of nitrogens with zero attached hydrogens (tertiary/aromatic N) is 2. The first kappa shape index (κ1) is 30.2. The fraction of sp³-hybridized carbons (Fsp3) is 0.516. The van der Waals surface area contributed by atoms with E-state index in [1.54, 1.807) is 24.3 Å². The summed E-state index contributed by atoms with van der Waals surface area (Å²) >= 11 is 0. The summed E-state index contributed by atoms with van der Waals surface area (Å²) in [6, 6.07) is 14.5. The maximum atomic E-state index is 13.5. The van der Waals surface area contributed by atoms with E-state index in [2.05, 4.69) is 17.6 Å². The Morgan fingerprint density at radius 3 is 2.18 bits per heavy atom. The number of urea groups is 1. The Hall–Kier alpha value is -3.39. The van der Waals surface area contributed by atoms with Gasteiger partial charge in [-0.1, -0.05) is 57.0 Å². The number of amides is 4. The number of imide groups is 1. The van der Waals surface area contributed by atoms with Gasteiger partial charge in [-0.3, -0.25) is 9.59 Å². The van der Waals surface area contributed by atoms with Crippen LogP contribution in [0.4, 0.5) is 4.79 Å². The Bertz CT molecular complexity index is 1130. The van der Waals surface area contributed by atoms with Crippen LogP contribution in [0.5, 0.6) is 5.75 Å². The number of likely N-dealkylation sites (tertiary alicyclic amines) is 1. The van der Waals surface area contributed by atoms with E-state index in [-0.39, 0.29) is 23.9 Å². The van der Waals surface area contributed by atoms with Crippen molar-refractivity contribution in [1.29, 1.82) is 0 Å². The lowest BCUT2D eigenvalue weighted by Crippen LogP contribution is -2.73. The third-order valence-corrected chi connectivity index (χ3v) is 7.99. The van der Waals surface area contributed by atoms with Gasteiger partial charge in [-0.2, -0.15) is 0 Å². The van der Waals surface area contributed by atoms with E-state index in [1.807, 2.05) is 71.0 Å². The van der Waals surface area contributed by atoms with Crippen molar-refractivity contribution in [2.75, 3.05) is 20.6 Å². The molecule has 4 amide bonds. The highest BCUT2D eigenvalue weighted by atomic mass is 16.5. The van der Waals surface area contributed by atoms with Gasteiger partial charge in [0.05, 0.1) is 6.04 Å². The van der Waals surface area contributed by atoms with Crippen LogP contribution in [0.25, 0.3) is 0 Å². The van der Waals surface area contributed by atoms with Crippen molar-refractivity contribution in [2.45, 2.75) is 78.6 Å². The van der Waals surface area contributed by atoms with Gasteiger partial charge in [-0.05, 0) is 77.0 Å². The monoisotopic (exact) mass is 536 g/mol. The number of carbonyl (C=O) groups is 3. The molecule has 39 heavy (non-hydrogen) atoms. The zero-order chi connectivity index (χ0) is 28.7. The minimum Gasteiger partial charge on any atom is -0.469 e. The first-order valence-corrected chi connectivity index (χ1v) is 14.0. The van der Waals surface area contributed by atoms with Crippen LogP contribution >= 0.6 is 0 Å². The number of nitrogens with one attached hydrogen (secondary N) is 2. The van der Waals surface area contributed by atoms with Crippen molar-refractivity contribution in [3.8, 4) is 5.75 Å². The predicted octanol–water partition coefficient (Wildman–Crippen LogP) is 5.28. The highest BCUT2D eigenvalue weighted by Gasteiger charge is 2.63. The number of benzene rings is 2. The molecule has 0 radical (unpaired) electrons. The first-order valence-electron chi connectivity index (χ1n) is 14.0. The number of β-lactam (4-membered cyclic amide) rings is 1. The zero-order valence-electron chi connectivity index (χ0n) is 24.4. The Kier molecular flexibility index (Phi) is 10.1. The average Bonchev–Trinajstić information content (AvgIpc) is 2.92. The normalized spacial score (nSPS) is 17.8. The zero-order valence-corrected chi connectivity index (χ0v) is 24.4. The third kappa shape index (κ3) is 6.61. The lowest BCUT2D eigenvalue weighted by Gasteiger charge is -2.53. The van der Waals surface area contributed by atoms with Crippen molar-refractivity contribution < 1.29 is 19.1 Å². The highest BCUT2D eigenvalue weighted by molar-refractivity contribution is 6.03. The van der Waals surface area contributed by atoms with Crippen LogP contribution in [-0.4, -0.2) is 60.6 Å². The summed E-state index contributed by atoms with van der Waals surface area (Å²) in [7, 11) is 3.94. The molecule has 1 aliphatic heterocycles. The van der Waals surface area contributed by atoms with Crippen molar-refractivity contribution in [3.63, 3.8) is 0 Å². The van der Waals surface area contributed by atoms with Crippen molar-refractivity contribution in [1.82, 2.24) is 20.4 Å². The molecular weight excluding hydrogens is 492 g/mol. The molecule has 3 atom stereocenters. The minimum atomic E-state index is -0.778. The number of aryl methyl sites for hydroxylation is 1. The second-order valence-electron chi connectivity index (χ2n) is 10.8. The summed E-state index contributed by atoms with van der Waals surface area (Å²) < 4.78 is 6.29. The fourth-order valence-electron chi connectivity index (χ4n) is 4.87. The van der Waals surface area contributed by atoms with Gasteiger partial charge in [0, 0.05) is 18.2 Å². The van der Waals surface area contributed by atoms with E-state index in [0.717, 1.165) is 24.0 Å². The lowest BCUT2D eigenvalue weighted by atomic mass is 9.72. The standard InChI is InChI=1S/C31H44N4O4/c1-8-11-26(23-14-12-21(4)13-15-23)33-30(38)35-28(37)31(9-2,10-3)29(35)39-25-18-16-24(17-19-25)27(36)32-20-22(5)34(6)7/h12-19,22,26,29H,8-11,20H2,1-7H3,(H,32,36)(H,33,38). The molecule has 3 unspecified atom stereocenters. The molecule has 8 heteroatoms. The van der Waals surface area contributed by atoms with E-state index in [9.17, 15) is 14.4 Å². The van der Waals surface area contributed by atoms with Gasteiger partial charge in [0.1, 0.15) is 11.2 Å². The number of hydrogen-bond donors (Lipinski definition) is 2. The SMILES string of the molecule is CCCC(NC(=O)N1C(=O)C(CC)(CC)C1Oc1ccc(C(=O)NCC(C)N(C)C)cc1)c1ccc(C)cc1. The van der Waals surface area contributed by atoms with Crippen LogP contribution in [-0.2, 0) is 4.79 Å². The molecule has 1 fully saturated rings. The molecule has 8 nitrogen and oxygen atoms in total. The number of ether oxygens (including phenoxy) is 1. The van der Waals surface area contributed by atoms with E-state index in [0.29, 0.717) is 30.7 Å². The Balaban J connectivity index is 1.75. The van der Waals surface area contributed by atoms with Crippen LogP contribution in [0.3, 0.4) is 0 Å². The molecule has 1 aliphatic rings. The van der Waals surface area contributed by atoms with Crippen molar-refractivity contribution >= 4 is 17.8 Å². The summed E-state index contributed by atoms with van der Waals surface area (Å²) in [4.78, 5) is 42.6. The molecule has 0 spiro atoms. The molecule has 2 N–H and O–H groups in total. The van der Waals surface area contributed by atoms with E-state index in [4.69, 9.17) is 4.74 Å². The molecule has 0 aliphatic carbocycles. The van der Waals surface area contributed by atoms with Crippen LogP contribution < -0.4 is 15.4 Å². The molecule has 3 rings (SSSR count). The molecule has 1 heterocycles. The summed E-state index contributed by atoms with van der Waals surface area (Å²) in [5, 5.41) is 6.01. The first-order chi connectivity index (χ1) is 18.6. The third-order valence-electron chi connectivity index (χ3n) is 7.99. The number of rotatable bonds is 12. The van der Waals surface area contributed by atoms with Gasteiger partial charge in [0.15, 0.2) is 6.23 Å². The van der Waals surface area contributed by atoms with Gasteiger partial charge in [-0.15, -0.1) is 0 Å². The van der Waals surface area contributed by atoms with Crippen molar-refractivity contribution in [2.24, 2.45) is 5.41 Å². The molecule has 2 aromatic rings. The molecule has 2 aromatic carbocycles. The molecule has 0 saturated carbocycles.